The van der Waals surface area contributed by atoms with E-state index in [0.717, 1.165) is 29.2 Å². The number of hydrogen-bond donors (Lipinski definition) is 0. The summed E-state index contributed by atoms with van der Waals surface area (Å²) in [5, 5.41) is 0.730. The summed E-state index contributed by atoms with van der Waals surface area (Å²) in [5.41, 5.74) is 2.15. The van der Waals surface area contributed by atoms with Gasteiger partial charge in [0.1, 0.15) is 0 Å². The van der Waals surface area contributed by atoms with E-state index < -0.39 is 0 Å². The number of hydrogen-bond acceptors (Lipinski definition) is 1. The van der Waals surface area contributed by atoms with E-state index in [4.69, 9.17) is 23.2 Å². The van der Waals surface area contributed by atoms with Crippen molar-refractivity contribution in [3.8, 4) is 0 Å². The Morgan fingerprint density at radius 3 is 2.69 bits per heavy atom. The van der Waals surface area contributed by atoms with Crippen molar-refractivity contribution in [3.05, 3.63) is 40.8 Å². The summed E-state index contributed by atoms with van der Waals surface area (Å²) in [6.45, 7) is 2.26. The highest BCUT2D eigenvalue weighted by molar-refractivity contribution is 6.33. The summed E-state index contributed by atoms with van der Waals surface area (Å²) in [6.07, 6.45) is 6.02. The Balaban J connectivity index is 1.91. The zero-order valence-corrected chi connectivity index (χ0v) is 10.4. The van der Waals surface area contributed by atoms with Crippen LogP contribution in [-0.4, -0.2) is 24.0 Å². The van der Waals surface area contributed by atoms with Gasteiger partial charge in [0, 0.05) is 17.5 Å². The Labute approximate surface area is 106 Å². The molecule has 16 heavy (non-hydrogen) atoms. The van der Waals surface area contributed by atoms with Gasteiger partial charge in [-0.3, -0.25) is 4.90 Å². The molecule has 1 aromatic carbocycles. The fourth-order valence-electron chi connectivity index (χ4n) is 2.63. The lowest BCUT2D eigenvalue weighted by atomic mass is 10.1. The van der Waals surface area contributed by atoms with Gasteiger partial charge in [-0.05, 0) is 43.1 Å². The van der Waals surface area contributed by atoms with E-state index in [1.165, 1.54) is 12.8 Å². The minimum atomic E-state index is -0.0400. The molecule has 3 rings (SSSR count). The number of benzene rings is 1. The average Bonchev–Trinajstić information content (AvgIpc) is 2.86. The number of rotatable bonds is 1. The van der Waals surface area contributed by atoms with Gasteiger partial charge in [-0.25, -0.2) is 0 Å². The van der Waals surface area contributed by atoms with Crippen LogP contribution >= 0.6 is 23.2 Å². The molecular formula is C13H13Cl2N. The molecule has 0 amide bonds. The van der Waals surface area contributed by atoms with E-state index in [9.17, 15) is 0 Å². The van der Waals surface area contributed by atoms with E-state index >= 15 is 0 Å². The first-order chi connectivity index (χ1) is 7.77. The Kier molecular flexibility index (Phi) is 2.87. The molecule has 1 fully saturated rings. The van der Waals surface area contributed by atoms with Gasteiger partial charge in [0.05, 0.1) is 5.38 Å². The minimum Gasteiger partial charge on any atom is -0.298 e. The maximum atomic E-state index is 6.51. The second-order valence-electron chi connectivity index (χ2n) is 4.44. The lowest BCUT2D eigenvalue weighted by Crippen LogP contribution is -2.33. The molecule has 2 atom stereocenters. The molecule has 0 N–H and O–H groups in total. The van der Waals surface area contributed by atoms with Gasteiger partial charge in [0.25, 0.3) is 0 Å². The third-order valence-corrected chi connectivity index (χ3v) is 4.23. The molecule has 0 aromatic heterocycles. The monoisotopic (exact) mass is 253 g/mol. The van der Waals surface area contributed by atoms with Crippen molar-refractivity contribution in [2.45, 2.75) is 24.3 Å². The van der Waals surface area contributed by atoms with Crippen LogP contribution in [0.1, 0.15) is 29.3 Å². The second kappa shape index (κ2) is 4.21. The largest absolute Gasteiger partial charge is 0.298 e. The SMILES string of the molecule is Clc1cccc2c1C(Cl)C(N1CCCC1)[C]2. The fourth-order valence-corrected chi connectivity index (χ4v) is 3.44. The highest BCUT2D eigenvalue weighted by Crippen LogP contribution is 2.44. The molecule has 1 aliphatic heterocycles. The van der Waals surface area contributed by atoms with Crippen LogP contribution in [0.5, 0.6) is 0 Å². The van der Waals surface area contributed by atoms with Gasteiger partial charge in [0.2, 0.25) is 0 Å². The van der Waals surface area contributed by atoms with Crippen molar-refractivity contribution >= 4 is 23.2 Å². The molecule has 2 aliphatic rings. The van der Waals surface area contributed by atoms with Crippen LogP contribution < -0.4 is 0 Å². The lowest BCUT2D eigenvalue weighted by Gasteiger charge is -2.25. The van der Waals surface area contributed by atoms with E-state index in [-0.39, 0.29) is 11.4 Å². The summed E-state index contributed by atoms with van der Waals surface area (Å²) >= 11 is 12.7. The van der Waals surface area contributed by atoms with Crippen molar-refractivity contribution < 1.29 is 0 Å². The second-order valence-corrected chi connectivity index (χ2v) is 5.31. The van der Waals surface area contributed by atoms with E-state index in [1.807, 2.05) is 18.2 Å². The number of fused-ring (bicyclic) bond motifs is 1. The predicted molar refractivity (Wildman–Crippen MR) is 67.0 cm³/mol. The third kappa shape index (κ3) is 1.66. The molecule has 2 unspecified atom stereocenters. The lowest BCUT2D eigenvalue weighted by molar-refractivity contribution is 0.274. The van der Waals surface area contributed by atoms with Gasteiger partial charge >= 0.3 is 0 Å². The molecule has 1 heterocycles. The topological polar surface area (TPSA) is 3.24 Å². The smallest absolute Gasteiger partial charge is 0.0767 e. The van der Waals surface area contributed by atoms with Crippen molar-refractivity contribution in [2.75, 3.05) is 13.1 Å². The zero-order chi connectivity index (χ0) is 11.1. The summed E-state index contributed by atoms with van der Waals surface area (Å²) < 4.78 is 0. The molecule has 1 nitrogen and oxygen atoms in total. The molecule has 84 valence electrons. The molecule has 0 spiro atoms. The predicted octanol–water partition coefficient (Wildman–Crippen LogP) is 3.53. The third-order valence-electron chi connectivity index (χ3n) is 3.44. The summed E-state index contributed by atoms with van der Waals surface area (Å²) in [5.74, 6) is 0. The van der Waals surface area contributed by atoms with E-state index in [2.05, 4.69) is 11.3 Å². The molecule has 1 saturated heterocycles. The first-order valence-corrected chi connectivity index (χ1v) is 6.52. The molecule has 1 aliphatic carbocycles. The Morgan fingerprint density at radius 2 is 2.00 bits per heavy atom. The Morgan fingerprint density at radius 1 is 1.25 bits per heavy atom. The maximum absolute atomic E-state index is 6.51. The van der Waals surface area contributed by atoms with Crippen molar-refractivity contribution in [2.24, 2.45) is 0 Å². The van der Waals surface area contributed by atoms with Crippen LogP contribution in [0.4, 0.5) is 0 Å². The first-order valence-electron chi connectivity index (χ1n) is 5.70. The van der Waals surface area contributed by atoms with Gasteiger partial charge < -0.3 is 0 Å². The number of halogens is 2. The standard InChI is InChI=1S/C13H13Cl2N/c14-10-5-3-4-9-8-11(13(15)12(9)10)16-6-1-2-7-16/h3-5,11,13H,1-2,6-7H2. The Hall–Kier alpha value is -0.240. The van der Waals surface area contributed by atoms with Crippen LogP contribution in [0, 0.1) is 6.42 Å². The van der Waals surface area contributed by atoms with E-state index in [0.29, 0.717) is 0 Å². The molecular weight excluding hydrogens is 241 g/mol. The van der Waals surface area contributed by atoms with Crippen molar-refractivity contribution in [1.29, 1.82) is 0 Å². The molecule has 3 heteroatoms. The normalized spacial score (nSPS) is 29.6. The molecule has 0 saturated carbocycles. The average molecular weight is 254 g/mol. The van der Waals surface area contributed by atoms with Gasteiger partial charge in [0.15, 0.2) is 0 Å². The van der Waals surface area contributed by atoms with Gasteiger partial charge in [-0.2, -0.15) is 0 Å². The summed E-state index contributed by atoms with van der Waals surface area (Å²) in [4.78, 5) is 2.41. The van der Waals surface area contributed by atoms with Crippen LogP contribution in [0.15, 0.2) is 18.2 Å². The molecule has 2 radical (unpaired) electrons. The number of nitrogens with zero attached hydrogens (tertiary/aromatic N) is 1. The van der Waals surface area contributed by atoms with Crippen LogP contribution in [0.2, 0.25) is 5.02 Å². The van der Waals surface area contributed by atoms with Crippen LogP contribution in [-0.2, 0) is 0 Å². The Bertz CT molecular complexity index is 399. The summed E-state index contributed by atoms with van der Waals surface area (Å²) in [7, 11) is 0. The summed E-state index contributed by atoms with van der Waals surface area (Å²) in [6, 6.07) is 6.12. The zero-order valence-electron chi connectivity index (χ0n) is 8.92. The number of alkyl halides is 1. The van der Waals surface area contributed by atoms with Gasteiger partial charge in [-0.15, -0.1) is 11.6 Å². The van der Waals surface area contributed by atoms with Crippen LogP contribution in [0.3, 0.4) is 0 Å². The highest BCUT2D eigenvalue weighted by atomic mass is 35.5. The molecule has 0 bridgehead atoms. The maximum Gasteiger partial charge on any atom is 0.0767 e. The fraction of sp³-hybridized carbons (Fsp3) is 0.462. The van der Waals surface area contributed by atoms with Crippen LogP contribution in [0.25, 0.3) is 0 Å². The minimum absolute atomic E-state index is 0.0400. The van der Waals surface area contributed by atoms with E-state index in [1.54, 1.807) is 0 Å². The van der Waals surface area contributed by atoms with Crippen molar-refractivity contribution in [3.63, 3.8) is 0 Å². The quantitative estimate of drug-likeness (QED) is 0.693. The first kappa shape index (κ1) is 10.9. The van der Waals surface area contributed by atoms with Gasteiger partial charge in [-0.1, -0.05) is 23.7 Å². The number of likely N-dealkylation sites (tertiary alicyclic amines) is 1. The molecule has 1 aromatic rings. The highest BCUT2D eigenvalue weighted by Gasteiger charge is 2.37. The van der Waals surface area contributed by atoms with Crippen molar-refractivity contribution in [1.82, 2.24) is 4.90 Å².